The average Bonchev–Trinajstić information content (AvgIpc) is 3.15. The molecule has 0 radical (unpaired) electrons. The van der Waals surface area contributed by atoms with Crippen LogP contribution in [0.3, 0.4) is 0 Å². The highest BCUT2D eigenvalue weighted by Gasteiger charge is 2.30. The van der Waals surface area contributed by atoms with E-state index in [9.17, 15) is 0 Å². The molecular weight excluding hydrogens is 222 g/mol. The number of anilines is 1. The van der Waals surface area contributed by atoms with Crippen molar-refractivity contribution in [1.82, 2.24) is 9.55 Å². The van der Waals surface area contributed by atoms with Crippen LogP contribution in [-0.4, -0.2) is 9.55 Å². The normalized spacial score (nSPS) is 15.0. The molecule has 3 rings (SSSR count). The first-order valence-electron chi connectivity index (χ1n) is 6.64. The fourth-order valence-electron chi connectivity index (χ4n) is 2.51. The van der Waals surface area contributed by atoms with Crippen molar-refractivity contribution in [2.24, 2.45) is 0 Å². The Morgan fingerprint density at radius 1 is 1.33 bits per heavy atom. The number of hydrogen-bond donors (Lipinski definition) is 1. The molecule has 0 spiro atoms. The molecule has 2 N–H and O–H groups in total. The van der Waals surface area contributed by atoms with Crippen molar-refractivity contribution in [3.63, 3.8) is 0 Å². The van der Waals surface area contributed by atoms with Crippen LogP contribution in [0.2, 0.25) is 0 Å². The quantitative estimate of drug-likeness (QED) is 0.895. The summed E-state index contributed by atoms with van der Waals surface area (Å²) in [6.45, 7) is 5.14. The Morgan fingerprint density at radius 2 is 2.06 bits per heavy atom. The van der Waals surface area contributed by atoms with Crippen molar-refractivity contribution in [3.8, 4) is 11.3 Å². The third-order valence-corrected chi connectivity index (χ3v) is 3.70. The van der Waals surface area contributed by atoms with Gasteiger partial charge in [0.1, 0.15) is 17.3 Å². The first-order chi connectivity index (χ1) is 8.72. The molecule has 3 nitrogen and oxygen atoms in total. The van der Waals surface area contributed by atoms with Gasteiger partial charge in [0.2, 0.25) is 0 Å². The minimum atomic E-state index is 0.630. The van der Waals surface area contributed by atoms with Gasteiger partial charge in [0.25, 0.3) is 0 Å². The van der Waals surface area contributed by atoms with Gasteiger partial charge in [-0.1, -0.05) is 24.3 Å². The van der Waals surface area contributed by atoms with Crippen LogP contribution < -0.4 is 5.73 Å². The number of nitrogen functional groups attached to an aromatic ring is 1. The van der Waals surface area contributed by atoms with Crippen LogP contribution in [0.5, 0.6) is 0 Å². The van der Waals surface area contributed by atoms with E-state index in [1.165, 1.54) is 24.2 Å². The van der Waals surface area contributed by atoms with Crippen LogP contribution >= 0.6 is 0 Å². The maximum atomic E-state index is 6.28. The van der Waals surface area contributed by atoms with Crippen LogP contribution in [0.25, 0.3) is 11.3 Å². The van der Waals surface area contributed by atoms with E-state index in [4.69, 9.17) is 10.7 Å². The molecule has 1 aromatic carbocycles. The van der Waals surface area contributed by atoms with Gasteiger partial charge in [0.15, 0.2) is 0 Å². The average molecular weight is 241 g/mol. The van der Waals surface area contributed by atoms with E-state index in [1.54, 1.807) is 0 Å². The zero-order chi connectivity index (χ0) is 12.7. The summed E-state index contributed by atoms with van der Waals surface area (Å²) in [6.07, 6.45) is 2.51. The lowest BCUT2D eigenvalue weighted by Crippen LogP contribution is -2.04. The molecule has 94 valence electrons. The van der Waals surface area contributed by atoms with Gasteiger partial charge in [-0.25, -0.2) is 4.98 Å². The molecule has 0 atom stereocenters. The van der Waals surface area contributed by atoms with Gasteiger partial charge in [-0.05, 0) is 32.3 Å². The number of imidazole rings is 1. The summed E-state index contributed by atoms with van der Waals surface area (Å²) in [7, 11) is 0. The molecule has 0 aliphatic heterocycles. The number of rotatable bonds is 3. The lowest BCUT2D eigenvalue weighted by Gasteiger charge is -2.06. The van der Waals surface area contributed by atoms with Crippen molar-refractivity contribution < 1.29 is 0 Å². The number of nitrogens with zero attached hydrogens (tertiary/aromatic N) is 2. The van der Waals surface area contributed by atoms with E-state index in [-0.39, 0.29) is 0 Å². The molecule has 1 aliphatic carbocycles. The third-order valence-electron chi connectivity index (χ3n) is 3.70. The van der Waals surface area contributed by atoms with E-state index in [0.29, 0.717) is 5.92 Å². The van der Waals surface area contributed by atoms with Gasteiger partial charge >= 0.3 is 0 Å². The van der Waals surface area contributed by atoms with Gasteiger partial charge in [0, 0.05) is 18.0 Å². The summed E-state index contributed by atoms with van der Waals surface area (Å²) < 4.78 is 2.17. The van der Waals surface area contributed by atoms with Crippen molar-refractivity contribution >= 4 is 5.82 Å². The molecule has 1 heterocycles. The van der Waals surface area contributed by atoms with E-state index < -0.39 is 0 Å². The number of hydrogen-bond acceptors (Lipinski definition) is 2. The van der Waals surface area contributed by atoms with Crippen LogP contribution in [0.4, 0.5) is 5.82 Å². The van der Waals surface area contributed by atoms with Crippen LogP contribution in [0, 0.1) is 6.92 Å². The molecule has 1 fully saturated rings. The highest BCUT2D eigenvalue weighted by Crippen LogP contribution is 2.42. The Hall–Kier alpha value is -1.77. The molecular formula is C15H19N3. The van der Waals surface area contributed by atoms with Crippen molar-refractivity contribution in [1.29, 1.82) is 0 Å². The Balaban J connectivity index is 2.15. The monoisotopic (exact) mass is 241 g/mol. The molecule has 1 saturated carbocycles. The second-order valence-electron chi connectivity index (χ2n) is 5.04. The summed E-state index contributed by atoms with van der Waals surface area (Å²) in [5, 5.41) is 0. The molecule has 0 bridgehead atoms. The van der Waals surface area contributed by atoms with Crippen molar-refractivity contribution in [2.45, 2.75) is 39.2 Å². The smallest absolute Gasteiger partial charge is 0.131 e. The molecule has 1 aliphatic rings. The molecule has 18 heavy (non-hydrogen) atoms. The number of aromatic nitrogens is 2. The fourth-order valence-corrected chi connectivity index (χ4v) is 2.51. The van der Waals surface area contributed by atoms with Crippen molar-refractivity contribution in [3.05, 3.63) is 35.7 Å². The zero-order valence-corrected chi connectivity index (χ0v) is 11.0. The predicted molar refractivity (Wildman–Crippen MR) is 74.5 cm³/mol. The molecule has 1 aromatic heterocycles. The minimum absolute atomic E-state index is 0.630. The van der Waals surface area contributed by atoms with Crippen LogP contribution in [0.1, 0.15) is 37.1 Å². The molecule has 0 saturated heterocycles. The van der Waals surface area contributed by atoms with E-state index >= 15 is 0 Å². The number of benzene rings is 1. The Bertz CT molecular complexity index is 579. The lowest BCUT2D eigenvalue weighted by molar-refractivity contribution is 0.708. The Kier molecular flexibility index (Phi) is 2.62. The number of nitrogens with two attached hydrogens (primary N) is 1. The Morgan fingerprint density at radius 3 is 2.67 bits per heavy atom. The third kappa shape index (κ3) is 1.70. The van der Waals surface area contributed by atoms with Gasteiger partial charge in [0.05, 0.1) is 0 Å². The van der Waals surface area contributed by atoms with Crippen LogP contribution in [-0.2, 0) is 6.54 Å². The highest BCUT2D eigenvalue weighted by atomic mass is 15.1. The number of aryl methyl sites for hydroxylation is 1. The second kappa shape index (κ2) is 4.16. The first-order valence-corrected chi connectivity index (χ1v) is 6.64. The molecule has 3 heteroatoms. The zero-order valence-electron chi connectivity index (χ0n) is 11.0. The second-order valence-corrected chi connectivity index (χ2v) is 5.04. The van der Waals surface area contributed by atoms with E-state index in [1.807, 2.05) is 12.1 Å². The van der Waals surface area contributed by atoms with Gasteiger partial charge in [-0.15, -0.1) is 0 Å². The summed E-state index contributed by atoms with van der Waals surface area (Å²) in [5.74, 6) is 2.62. The predicted octanol–water partition coefficient (Wildman–Crippen LogP) is 3.34. The highest BCUT2D eigenvalue weighted by molar-refractivity contribution is 5.73. The van der Waals surface area contributed by atoms with Gasteiger partial charge in [-0.2, -0.15) is 0 Å². The SMILES string of the molecule is CCn1c(C2CC2)nc(-c2ccccc2C)c1N. The summed E-state index contributed by atoms with van der Waals surface area (Å²) in [5.41, 5.74) is 9.62. The standard InChI is InChI=1S/C15H19N3/c1-3-18-14(16)13(17-15(18)11-8-9-11)12-7-5-4-6-10(12)2/h4-7,11H,3,8-9,16H2,1-2H3. The topological polar surface area (TPSA) is 43.8 Å². The van der Waals surface area contributed by atoms with E-state index in [2.05, 4.69) is 30.5 Å². The van der Waals surface area contributed by atoms with Gasteiger partial charge < -0.3 is 10.3 Å². The maximum Gasteiger partial charge on any atom is 0.131 e. The molecule has 2 aromatic rings. The summed E-state index contributed by atoms with van der Waals surface area (Å²) in [6, 6.07) is 8.30. The largest absolute Gasteiger partial charge is 0.383 e. The van der Waals surface area contributed by atoms with Crippen LogP contribution in [0.15, 0.2) is 24.3 Å². The molecule has 0 unspecified atom stereocenters. The lowest BCUT2D eigenvalue weighted by atomic mass is 10.1. The minimum Gasteiger partial charge on any atom is -0.383 e. The first kappa shape index (κ1) is 11.3. The van der Waals surface area contributed by atoms with Gasteiger partial charge in [-0.3, -0.25) is 0 Å². The Labute approximate surface area is 108 Å². The fraction of sp³-hybridized carbons (Fsp3) is 0.400. The summed E-state index contributed by atoms with van der Waals surface area (Å²) in [4.78, 5) is 4.81. The summed E-state index contributed by atoms with van der Waals surface area (Å²) >= 11 is 0. The van der Waals surface area contributed by atoms with Crippen molar-refractivity contribution in [2.75, 3.05) is 5.73 Å². The maximum absolute atomic E-state index is 6.28. The molecule has 0 amide bonds. The van der Waals surface area contributed by atoms with E-state index in [0.717, 1.165) is 23.6 Å².